The lowest BCUT2D eigenvalue weighted by Crippen LogP contribution is -2.20. The Kier molecular flexibility index (Phi) is 5.35. The molecule has 0 aliphatic rings. The molecule has 0 fully saturated rings. The van der Waals surface area contributed by atoms with Crippen LogP contribution in [-0.2, 0) is 11.3 Å². The number of ether oxygens (including phenoxy) is 1. The van der Waals surface area contributed by atoms with Gasteiger partial charge in [0.2, 0.25) is 0 Å². The molecule has 1 unspecified atom stereocenters. The van der Waals surface area contributed by atoms with Gasteiger partial charge >= 0.3 is 5.97 Å². The first-order valence-corrected chi connectivity index (χ1v) is 7.14. The van der Waals surface area contributed by atoms with Crippen molar-refractivity contribution in [3.05, 3.63) is 58.5 Å². The summed E-state index contributed by atoms with van der Waals surface area (Å²) < 4.78 is 10.2. The minimum Gasteiger partial charge on any atom is -0.465 e. The van der Waals surface area contributed by atoms with Gasteiger partial charge in [0.15, 0.2) is 0 Å². The van der Waals surface area contributed by atoms with Crippen molar-refractivity contribution in [2.45, 2.75) is 26.5 Å². The lowest BCUT2D eigenvalue weighted by Gasteiger charge is -2.11. The van der Waals surface area contributed by atoms with Crippen LogP contribution in [0.15, 0.2) is 34.7 Å². The molecule has 0 saturated heterocycles. The van der Waals surface area contributed by atoms with Crippen LogP contribution < -0.4 is 5.32 Å². The zero-order valence-corrected chi connectivity index (χ0v) is 13.1. The summed E-state index contributed by atoms with van der Waals surface area (Å²) >= 11 is 0. The summed E-state index contributed by atoms with van der Waals surface area (Å²) in [6.07, 6.45) is -0.586. The van der Waals surface area contributed by atoms with Crippen LogP contribution in [0.2, 0.25) is 0 Å². The van der Waals surface area contributed by atoms with Crippen molar-refractivity contribution in [2.24, 2.45) is 0 Å². The van der Waals surface area contributed by atoms with Crippen LogP contribution in [-0.4, -0.2) is 24.7 Å². The summed E-state index contributed by atoms with van der Waals surface area (Å²) in [5.74, 6) is 0.754. The number of aryl methyl sites for hydroxylation is 2. The third-order valence-electron chi connectivity index (χ3n) is 3.47. The van der Waals surface area contributed by atoms with E-state index in [-0.39, 0.29) is 0 Å². The molecule has 2 aromatic rings. The van der Waals surface area contributed by atoms with Gasteiger partial charge in [-0.1, -0.05) is 29.8 Å². The number of benzene rings is 1. The quantitative estimate of drug-likeness (QED) is 0.802. The third kappa shape index (κ3) is 3.96. The van der Waals surface area contributed by atoms with Crippen LogP contribution in [0.4, 0.5) is 0 Å². The molecule has 0 aliphatic heterocycles. The molecule has 0 radical (unpaired) electrons. The van der Waals surface area contributed by atoms with Crippen molar-refractivity contribution in [1.29, 1.82) is 0 Å². The highest BCUT2D eigenvalue weighted by atomic mass is 16.5. The van der Waals surface area contributed by atoms with Gasteiger partial charge in [-0.15, -0.1) is 0 Å². The Balaban J connectivity index is 1.88. The Morgan fingerprint density at radius 3 is 2.64 bits per heavy atom. The number of hydrogen-bond acceptors (Lipinski definition) is 5. The molecule has 118 valence electrons. The maximum absolute atomic E-state index is 11.5. The molecular formula is C17H21NO4. The Bertz CT molecular complexity index is 631. The van der Waals surface area contributed by atoms with Crippen LogP contribution in [0, 0.1) is 13.8 Å². The van der Waals surface area contributed by atoms with Gasteiger partial charge in [0.05, 0.1) is 19.8 Å². The van der Waals surface area contributed by atoms with E-state index in [9.17, 15) is 9.90 Å². The fourth-order valence-corrected chi connectivity index (χ4v) is 2.18. The summed E-state index contributed by atoms with van der Waals surface area (Å²) in [4.78, 5) is 11.5. The van der Waals surface area contributed by atoms with Crippen molar-refractivity contribution >= 4 is 5.97 Å². The normalized spacial score (nSPS) is 12.2. The zero-order valence-electron chi connectivity index (χ0n) is 13.1. The van der Waals surface area contributed by atoms with E-state index in [4.69, 9.17) is 4.42 Å². The van der Waals surface area contributed by atoms with E-state index in [0.717, 1.165) is 11.1 Å². The van der Waals surface area contributed by atoms with Gasteiger partial charge in [-0.2, -0.15) is 0 Å². The van der Waals surface area contributed by atoms with Gasteiger partial charge in [-0.25, -0.2) is 4.79 Å². The minimum absolute atomic E-state index is 0.399. The predicted molar refractivity (Wildman–Crippen MR) is 82.6 cm³/mol. The highest BCUT2D eigenvalue weighted by Gasteiger charge is 2.15. The van der Waals surface area contributed by atoms with Crippen molar-refractivity contribution in [3.8, 4) is 0 Å². The van der Waals surface area contributed by atoms with E-state index in [1.165, 1.54) is 7.11 Å². The first-order chi connectivity index (χ1) is 10.5. The molecule has 1 aromatic carbocycles. The van der Waals surface area contributed by atoms with Crippen molar-refractivity contribution in [2.75, 3.05) is 13.7 Å². The lowest BCUT2D eigenvalue weighted by molar-refractivity contribution is 0.0599. The number of rotatable bonds is 6. The number of esters is 1. The molecular weight excluding hydrogens is 282 g/mol. The van der Waals surface area contributed by atoms with E-state index in [2.05, 4.69) is 10.1 Å². The highest BCUT2D eigenvalue weighted by Crippen LogP contribution is 2.16. The van der Waals surface area contributed by atoms with Gasteiger partial charge in [0.25, 0.3) is 0 Å². The molecule has 0 bridgehead atoms. The van der Waals surface area contributed by atoms with Crippen molar-refractivity contribution in [1.82, 2.24) is 5.32 Å². The minimum atomic E-state index is -0.586. The predicted octanol–water partition coefficient (Wildman–Crippen LogP) is 2.51. The second kappa shape index (κ2) is 7.24. The van der Waals surface area contributed by atoms with Crippen LogP contribution in [0.3, 0.4) is 0 Å². The maximum Gasteiger partial charge on any atom is 0.341 e. The van der Waals surface area contributed by atoms with Gasteiger partial charge in [0.1, 0.15) is 17.1 Å². The summed E-state index contributed by atoms with van der Waals surface area (Å²) in [7, 11) is 1.34. The SMILES string of the molecule is COC(=O)c1cc(CNCC(O)c2ccc(C)cc2)oc1C. The van der Waals surface area contributed by atoms with E-state index in [0.29, 0.717) is 30.2 Å². The van der Waals surface area contributed by atoms with Gasteiger partial charge in [-0.05, 0) is 25.5 Å². The number of methoxy groups -OCH3 is 1. The summed E-state index contributed by atoms with van der Waals surface area (Å²) in [6, 6.07) is 9.42. The smallest absolute Gasteiger partial charge is 0.341 e. The van der Waals surface area contributed by atoms with Crippen molar-refractivity contribution < 1.29 is 19.1 Å². The molecule has 1 heterocycles. The molecule has 5 nitrogen and oxygen atoms in total. The Labute approximate surface area is 129 Å². The average molecular weight is 303 g/mol. The van der Waals surface area contributed by atoms with Crippen molar-refractivity contribution in [3.63, 3.8) is 0 Å². The second-order valence-corrected chi connectivity index (χ2v) is 5.23. The number of carbonyl (C=O) groups is 1. The molecule has 2 rings (SSSR count). The molecule has 0 spiro atoms. The first-order valence-electron chi connectivity index (χ1n) is 7.14. The first kappa shape index (κ1) is 16.3. The number of carbonyl (C=O) groups excluding carboxylic acids is 1. The Morgan fingerprint density at radius 2 is 2.00 bits per heavy atom. The Morgan fingerprint density at radius 1 is 1.32 bits per heavy atom. The summed E-state index contributed by atoms with van der Waals surface area (Å²) in [5.41, 5.74) is 2.45. The lowest BCUT2D eigenvalue weighted by atomic mass is 10.1. The van der Waals surface area contributed by atoms with E-state index in [1.54, 1.807) is 13.0 Å². The number of aliphatic hydroxyl groups excluding tert-OH is 1. The van der Waals surface area contributed by atoms with Gasteiger partial charge in [0, 0.05) is 6.54 Å². The van der Waals surface area contributed by atoms with Gasteiger partial charge < -0.3 is 19.6 Å². The standard InChI is InChI=1S/C17H21NO4/c1-11-4-6-13(7-5-11)16(19)10-18-9-14-8-15(12(2)22-14)17(20)21-3/h4-8,16,18-19H,9-10H2,1-3H3. The molecule has 0 amide bonds. The molecule has 2 N–H and O–H groups in total. The highest BCUT2D eigenvalue weighted by molar-refractivity contribution is 5.90. The largest absolute Gasteiger partial charge is 0.465 e. The average Bonchev–Trinajstić information content (AvgIpc) is 2.88. The second-order valence-electron chi connectivity index (χ2n) is 5.23. The van der Waals surface area contributed by atoms with Crippen LogP contribution in [0.5, 0.6) is 0 Å². The molecule has 5 heteroatoms. The topological polar surface area (TPSA) is 71.7 Å². The number of nitrogens with one attached hydrogen (secondary N) is 1. The molecule has 0 aliphatic carbocycles. The zero-order chi connectivity index (χ0) is 16.1. The maximum atomic E-state index is 11.5. The van der Waals surface area contributed by atoms with Crippen LogP contribution >= 0.6 is 0 Å². The monoisotopic (exact) mass is 303 g/mol. The fraction of sp³-hybridized carbons (Fsp3) is 0.353. The number of furan rings is 1. The van der Waals surface area contributed by atoms with E-state index < -0.39 is 12.1 Å². The molecule has 22 heavy (non-hydrogen) atoms. The van der Waals surface area contributed by atoms with Crippen LogP contribution in [0.1, 0.15) is 39.1 Å². The third-order valence-corrected chi connectivity index (χ3v) is 3.47. The molecule has 1 atom stereocenters. The molecule has 0 saturated carbocycles. The Hall–Kier alpha value is -2.11. The fourth-order valence-electron chi connectivity index (χ4n) is 2.18. The van der Waals surface area contributed by atoms with Crippen LogP contribution in [0.25, 0.3) is 0 Å². The number of hydrogen-bond donors (Lipinski definition) is 2. The van der Waals surface area contributed by atoms with Gasteiger partial charge in [-0.3, -0.25) is 0 Å². The van der Waals surface area contributed by atoms with E-state index in [1.807, 2.05) is 31.2 Å². The summed E-state index contributed by atoms with van der Waals surface area (Å²) in [6.45, 7) is 4.56. The molecule has 1 aromatic heterocycles. The number of aliphatic hydroxyl groups is 1. The summed E-state index contributed by atoms with van der Waals surface area (Å²) in [5, 5.41) is 13.2. The van der Waals surface area contributed by atoms with E-state index >= 15 is 0 Å².